The molecule has 1 amide bonds. The van der Waals surface area contributed by atoms with Gasteiger partial charge >= 0.3 is 5.97 Å². The maximum atomic E-state index is 13.8. The summed E-state index contributed by atoms with van der Waals surface area (Å²) >= 11 is 18.4. The van der Waals surface area contributed by atoms with Crippen LogP contribution in [-0.2, 0) is 37.4 Å². The largest absolute Gasteiger partial charge is 0.462 e. The van der Waals surface area contributed by atoms with Crippen molar-refractivity contribution in [2.45, 2.75) is 38.8 Å². The van der Waals surface area contributed by atoms with E-state index < -0.39 is 21.9 Å². The first-order chi connectivity index (χ1) is 21.9. The molecule has 0 bridgehead atoms. The van der Waals surface area contributed by atoms with E-state index in [2.05, 4.69) is 0 Å². The Bertz CT molecular complexity index is 1970. The molecule has 0 N–H and O–H groups in total. The van der Waals surface area contributed by atoms with E-state index in [1.807, 2.05) is 6.92 Å². The Kier molecular flexibility index (Phi) is 10.1. The molecule has 2 heterocycles. The number of carbonyl (C=O) groups excluding carboxylic acids is 2. The molecule has 238 valence electrons. The molecule has 0 unspecified atom stereocenters. The topological polar surface area (TPSA) is 97.1 Å². The zero-order valence-corrected chi connectivity index (χ0v) is 28.2. The highest BCUT2D eigenvalue weighted by Gasteiger charge is 2.38. The van der Waals surface area contributed by atoms with Crippen LogP contribution in [0.1, 0.15) is 36.5 Å². The molecule has 0 spiro atoms. The fourth-order valence-electron chi connectivity index (χ4n) is 4.98. The quantitative estimate of drug-likeness (QED) is 0.122. The number of aryl methyl sites for hydroxylation is 1. The van der Waals surface area contributed by atoms with E-state index in [0.717, 1.165) is 5.56 Å². The van der Waals surface area contributed by atoms with Gasteiger partial charge in [-0.25, -0.2) is 13.2 Å². The van der Waals surface area contributed by atoms with Gasteiger partial charge in [0.25, 0.3) is 5.91 Å². The standard InChI is InChI=1S/C34H29Cl3N2O6S/c1-4-44-34(41)32-22(3)39(25-10-8-24(35)9-11-25)33(40)29(32)18-26-12-13-27(45-26)20-38(19-23-7-16-30(36)31(37)17-23)46(42,43)28-14-5-21(2)6-15-28/h5-18H,4,19-20H2,1-3H3/b29-18+. The summed E-state index contributed by atoms with van der Waals surface area (Å²) in [5.41, 5.74) is 2.63. The van der Waals surface area contributed by atoms with Crippen molar-refractivity contribution in [3.8, 4) is 0 Å². The van der Waals surface area contributed by atoms with Crippen molar-refractivity contribution in [1.82, 2.24) is 4.31 Å². The molecule has 12 heteroatoms. The van der Waals surface area contributed by atoms with Gasteiger partial charge in [0.15, 0.2) is 0 Å². The molecule has 0 saturated heterocycles. The number of ether oxygens (including phenoxy) is 1. The number of furan rings is 1. The molecule has 1 aliphatic rings. The lowest BCUT2D eigenvalue weighted by molar-refractivity contribution is -0.138. The zero-order valence-electron chi connectivity index (χ0n) is 25.1. The van der Waals surface area contributed by atoms with Crippen LogP contribution in [-0.4, -0.2) is 31.2 Å². The van der Waals surface area contributed by atoms with Crippen molar-refractivity contribution in [2.24, 2.45) is 0 Å². The molecule has 0 aliphatic carbocycles. The average Bonchev–Trinajstić information content (AvgIpc) is 3.56. The van der Waals surface area contributed by atoms with E-state index in [4.69, 9.17) is 44.0 Å². The van der Waals surface area contributed by atoms with Gasteiger partial charge in [0.2, 0.25) is 10.0 Å². The van der Waals surface area contributed by atoms with E-state index in [9.17, 15) is 18.0 Å². The number of sulfonamides is 1. The number of esters is 1. The summed E-state index contributed by atoms with van der Waals surface area (Å²) in [5.74, 6) is -0.557. The second-order valence-electron chi connectivity index (χ2n) is 10.5. The Morgan fingerprint density at radius 3 is 2.26 bits per heavy atom. The number of anilines is 1. The van der Waals surface area contributed by atoms with Gasteiger partial charge in [-0.15, -0.1) is 0 Å². The minimum atomic E-state index is -3.99. The third kappa shape index (κ3) is 7.09. The van der Waals surface area contributed by atoms with Crippen LogP contribution in [0.25, 0.3) is 6.08 Å². The lowest BCUT2D eigenvalue weighted by atomic mass is 10.1. The summed E-state index contributed by atoms with van der Waals surface area (Å²) in [6, 6.07) is 21.4. The molecule has 0 fully saturated rings. The summed E-state index contributed by atoms with van der Waals surface area (Å²) in [5, 5.41) is 1.15. The Labute approximate surface area is 282 Å². The van der Waals surface area contributed by atoms with E-state index in [-0.39, 0.29) is 41.5 Å². The lowest BCUT2D eigenvalue weighted by Gasteiger charge is -2.22. The zero-order chi connectivity index (χ0) is 33.2. The van der Waals surface area contributed by atoms with Crippen LogP contribution in [0, 0.1) is 6.92 Å². The highest BCUT2D eigenvalue weighted by molar-refractivity contribution is 7.89. The van der Waals surface area contributed by atoms with Crippen LogP contribution in [0.5, 0.6) is 0 Å². The van der Waals surface area contributed by atoms with Crippen molar-refractivity contribution >= 4 is 68.5 Å². The number of hydrogen-bond donors (Lipinski definition) is 0. The van der Waals surface area contributed by atoms with Crippen LogP contribution < -0.4 is 4.90 Å². The number of benzene rings is 3. The highest BCUT2D eigenvalue weighted by Crippen LogP contribution is 2.36. The molecular formula is C34H29Cl3N2O6S. The Hall–Kier alpha value is -3.86. The number of allylic oxidation sites excluding steroid dienone is 1. The van der Waals surface area contributed by atoms with Crippen molar-refractivity contribution in [1.29, 1.82) is 0 Å². The van der Waals surface area contributed by atoms with Crippen molar-refractivity contribution in [3.05, 3.63) is 133 Å². The first-order valence-corrected chi connectivity index (χ1v) is 16.8. The Balaban J connectivity index is 1.49. The second-order valence-corrected chi connectivity index (χ2v) is 13.7. The maximum Gasteiger partial charge on any atom is 0.340 e. The molecule has 0 atom stereocenters. The maximum absolute atomic E-state index is 13.8. The minimum Gasteiger partial charge on any atom is -0.462 e. The van der Waals surface area contributed by atoms with Crippen molar-refractivity contribution < 1.29 is 27.2 Å². The predicted octanol–water partition coefficient (Wildman–Crippen LogP) is 8.21. The average molecular weight is 700 g/mol. The van der Waals surface area contributed by atoms with E-state index in [0.29, 0.717) is 37.8 Å². The van der Waals surface area contributed by atoms with Crippen molar-refractivity contribution in [2.75, 3.05) is 11.5 Å². The van der Waals surface area contributed by atoms with E-state index in [1.165, 1.54) is 15.3 Å². The highest BCUT2D eigenvalue weighted by atomic mass is 35.5. The van der Waals surface area contributed by atoms with Crippen LogP contribution >= 0.6 is 34.8 Å². The molecule has 1 aromatic heterocycles. The molecule has 46 heavy (non-hydrogen) atoms. The van der Waals surface area contributed by atoms with Gasteiger partial charge < -0.3 is 9.15 Å². The molecule has 4 aromatic rings. The molecule has 5 rings (SSSR count). The molecular weight excluding hydrogens is 671 g/mol. The van der Waals surface area contributed by atoms with Gasteiger partial charge in [-0.3, -0.25) is 9.69 Å². The number of rotatable bonds is 10. The van der Waals surface area contributed by atoms with Crippen LogP contribution in [0.2, 0.25) is 15.1 Å². The predicted molar refractivity (Wildman–Crippen MR) is 179 cm³/mol. The second kappa shape index (κ2) is 13.9. The summed E-state index contributed by atoms with van der Waals surface area (Å²) in [4.78, 5) is 28.3. The first kappa shape index (κ1) is 33.5. The molecule has 1 aliphatic heterocycles. The smallest absolute Gasteiger partial charge is 0.340 e. The van der Waals surface area contributed by atoms with Gasteiger partial charge in [0, 0.05) is 23.0 Å². The molecule has 0 saturated carbocycles. The van der Waals surface area contributed by atoms with Gasteiger partial charge in [-0.2, -0.15) is 4.31 Å². The Morgan fingerprint density at radius 2 is 1.61 bits per heavy atom. The fourth-order valence-corrected chi connectivity index (χ4v) is 6.82. The van der Waals surface area contributed by atoms with Gasteiger partial charge in [0.05, 0.1) is 39.2 Å². The van der Waals surface area contributed by atoms with Gasteiger partial charge in [0.1, 0.15) is 11.5 Å². The van der Waals surface area contributed by atoms with Crippen LogP contribution in [0.15, 0.2) is 105 Å². The number of hydrogen-bond acceptors (Lipinski definition) is 6. The lowest BCUT2D eigenvalue weighted by Crippen LogP contribution is -2.30. The molecule has 8 nitrogen and oxygen atoms in total. The summed E-state index contributed by atoms with van der Waals surface area (Å²) in [6.07, 6.45) is 1.45. The SMILES string of the molecule is CCOC(=O)C1=C(C)N(c2ccc(Cl)cc2)C(=O)/C1=C/c1ccc(CN(Cc2ccc(Cl)c(Cl)c2)S(=O)(=O)c2ccc(C)cc2)o1. The van der Waals surface area contributed by atoms with Crippen LogP contribution in [0.3, 0.4) is 0 Å². The first-order valence-electron chi connectivity index (χ1n) is 14.2. The number of carbonyl (C=O) groups is 2. The van der Waals surface area contributed by atoms with E-state index in [1.54, 1.807) is 92.7 Å². The fraction of sp³-hybridized carbons (Fsp3) is 0.176. The number of halogens is 3. The van der Waals surface area contributed by atoms with Crippen molar-refractivity contribution in [3.63, 3.8) is 0 Å². The van der Waals surface area contributed by atoms with Gasteiger partial charge in [-0.05, 0) is 93.1 Å². The number of nitrogens with zero attached hydrogens (tertiary/aromatic N) is 2. The van der Waals surface area contributed by atoms with Gasteiger partial charge in [-0.1, -0.05) is 58.6 Å². The third-order valence-electron chi connectivity index (χ3n) is 7.27. The minimum absolute atomic E-state index is 0.0201. The summed E-state index contributed by atoms with van der Waals surface area (Å²) in [6.45, 7) is 5.17. The number of amides is 1. The normalized spacial score (nSPS) is 14.5. The van der Waals surface area contributed by atoms with E-state index >= 15 is 0 Å². The third-order valence-corrected chi connectivity index (χ3v) is 10.1. The Morgan fingerprint density at radius 1 is 0.913 bits per heavy atom. The monoisotopic (exact) mass is 698 g/mol. The summed E-state index contributed by atoms with van der Waals surface area (Å²) in [7, 11) is -3.99. The molecule has 0 radical (unpaired) electrons. The molecule has 3 aromatic carbocycles. The van der Waals surface area contributed by atoms with Crippen LogP contribution in [0.4, 0.5) is 5.69 Å². The summed E-state index contributed by atoms with van der Waals surface area (Å²) < 4.78 is 40.3.